The number of amides is 1. The summed E-state index contributed by atoms with van der Waals surface area (Å²) < 4.78 is 0. The van der Waals surface area contributed by atoms with Crippen LogP contribution >= 0.6 is 11.6 Å². The van der Waals surface area contributed by atoms with Gasteiger partial charge in [0, 0.05) is 34.4 Å². The Hall–Kier alpha value is -2.60. The summed E-state index contributed by atoms with van der Waals surface area (Å²) in [5.41, 5.74) is 5.76. The third-order valence-electron chi connectivity index (χ3n) is 5.33. The van der Waals surface area contributed by atoms with Crippen LogP contribution < -0.4 is 5.32 Å². The first-order valence-corrected chi connectivity index (χ1v) is 9.26. The number of hydrogen-bond donors (Lipinski definition) is 3. The van der Waals surface area contributed by atoms with Gasteiger partial charge in [-0.05, 0) is 43.4 Å². The van der Waals surface area contributed by atoms with Crippen molar-refractivity contribution in [2.45, 2.75) is 31.6 Å². The van der Waals surface area contributed by atoms with Crippen LogP contribution in [0.1, 0.15) is 45.3 Å². The van der Waals surface area contributed by atoms with E-state index in [0.717, 1.165) is 42.6 Å². The molecule has 1 aromatic carbocycles. The monoisotopic (exact) mass is 367 g/mol. The van der Waals surface area contributed by atoms with E-state index >= 15 is 0 Å². The van der Waals surface area contributed by atoms with Gasteiger partial charge >= 0.3 is 0 Å². The Morgan fingerprint density at radius 3 is 2.77 bits per heavy atom. The number of imidazole rings is 1. The van der Waals surface area contributed by atoms with Gasteiger partial charge in [0.1, 0.15) is 11.4 Å². The minimum atomic E-state index is -0.133. The molecule has 0 spiro atoms. The van der Waals surface area contributed by atoms with Crippen LogP contribution in [0.5, 0.6) is 0 Å². The fourth-order valence-corrected chi connectivity index (χ4v) is 4.09. The van der Waals surface area contributed by atoms with Crippen molar-refractivity contribution in [2.75, 3.05) is 6.54 Å². The molecule has 132 valence electrons. The Morgan fingerprint density at radius 2 is 1.92 bits per heavy atom. The van der Waals surface area contributed by atoms with E-state index in [1.54, 1.807) is 0 Å². The van der Waals surface area contributed by atoms with Crippen molar-refractivity contribution in [3.05, 3.63) is 57.5 Å². The van der Waals surface area contributed by atoms with Crippen molar-refractivity contribution in [2.24, 2.45) is 0 Å². The van der Waals surface area contributed by atoms with E-state index in [-0.39, 0.29) is 11.8 Å². The lowest BCUT2D eigenvalue weighted by Crippen LogP contribution is -2.26. The predicted octanol–water partition coefficient (Wildman–Crippen LogP) is 3.01. The summed E-state index contributed by atoms with van der Waals surface area (Å²) in [5, 5.41) is 11.2. The molecule has 1 amide bonds. The van der Waals surface area contributed by atoms with Crippen molar-refractivity contribution in [1.82, 2.24) is 25.5 Å². The minimum Gasteiger partial charge on any atom is -0.350 e. The second-order valence-electron chi connectivity index (χ2n) is 6.96. The molecule has 0 saturated heterocycles. The van der Waals surface area contributed by atoms with Crippen LogP contribution in [0.25, 0.3) is 11.5 Å². The first-order chi connectivity index (χ1) is 12.7. The lowest BCUT2D eigenvalue weighted by Gasteiger charge is -2.14. The number of aromatic amines is 2. The van der Waals surface area contributed by atoms with E-state index in [0.29, 0.717) is 23.1 Å². The average Bonchev–Trinajstić information content (AvgIpc) is 3.32. The summed E-state index contributed by atoms with van der Waals surface area (Å²) in [6.45, 7) is 0.581. The van der Waals surface area contributed by atoms with Crippen molar-refractivity contribution < 1.29 is 4.79 Å². The van der Waals surface area contributed by atoms with E-state index in [9.17, 15) is 4.79 Å². The van der Waals surface area contributed by atoms with E-state index in [1.807, 2.05) is 24.3 Å². The van der Waals surface area contributed by atoms with Gasteiger partial charge in [-0.3, -0.25) is 9.89 Å². The Kier molecular flexibility index (Phi) is 3.60. The normalized spacial score (nSPS) is 19.0. The molecule has 5 rings (SSSR count). The SMILES string of the molecule is O=C1NCC(c2ccc(Cl)cc2)Cc2[nH]c(-c3n[nH]c4c3CCC4)nc21. The van der Waals surface area contributed by atoms with Gasteiger partial charge in [-0.1, -0.05) is 23.7 Å². The first-order valence-electron chi connectivity index (χ1n) is 8.88. The maximum atomic E-state index is 12.5. The molecular weight excluding hydrogens is 350 g/mol. The molecule has 3 aromatic rings. The summed E-state index contributed by atoms with van der Waals surface area (Å²) >= 11 is 6.00. The molecule has 0 fully saturated rings. The highest BCUT2D eigenvalue weighted by Crippen LogP contribution is 2.31. The van der Waals surface area contributed by atoms with Gasteiger partial charge in [0.2, 0.25) is 0 Å². The van der Waals surface area contributed by atoms with E-state index < -0.39 is 0 Å². The molecule has 0 radical (unpaired) electrons. The summed E-state index contributed by atoms with van der Waals surface area (Å²) in [6, 6.07) is 7.80. The second kappa shape index (κ2) is 5.99. The molecule has 1 aliphatic heterocycles. The highest BCUT2D eigenvalue weighted by atomic mass is 35.5. The molecule has 2 aliphatic rings. The Bertz CT molecular complexity index is 988. The highest BCUT2D eigenvalue weighted by molar-refractivity contribution is 6.30. The summed E-state index contributed by atoms with van der Waals surface area (Å²) in [5.74, 6) is 0.725. The number of hydrogen-bond acceptors (Lipinski definition) is 3. The number of fused-ring (bicyclic) bond motifs is 2. The zero-order valence-electron chi connectivity index (χ0n) is 14.1. The fourth-order valence-electron chi connectivity index (χ4n) is 3.96. The molecule has 3 heterocycles. The lowest BCUT2D eigenvalue weighted by molar-refractivity contribution is 0.0950. The quantitative estimate of drug-likeness (QED) is 0.650. The number of aryl methyl sites for hydroxylation is 1. The maximum Gasteiger partial charge on any atom is 0.271 e. The second-order valence-corrected chi connectivity index (χ2v) is 7.39. The van der Waals surface area contributed by atoms with Crippen LogP contribution in [0.2, 0.25) is 5.02 Å². The summed E-state index contributed by atoms with van der Waals surface area (Å²) in [4.78, 5) is 20.5. The van der Waals surface area contributed by atoms with Crippen LogP contribution in [-0.4, -0.2) is 32.6 Å². The fraction of sp³-hybridized carbons (Fsp3) is 0.316. The number of nitrogens with zero attached hydrogens (tertiary/aromatic N) is 2. The molecule has 7 heteroatoms. The van der Waals surface area contributed by atoms with Crippen LogP contribution in [0.4, 0.5) is 0 Å². The summed E-state index contributed by atoms with van der Waals surface area (Å²) in [6.07, 6.45) is 3.89. The number of aromatic nitrogens is 4. The van der Waals surface area contributed by atoms with Gasteiger partial charge in [0.15, 0.2) is 5.82 Å². The topological polar surface area (TPSA) is 86.5 Å². The van der Waals surface area contributed by atoms with Crippen LogP contribution in [-0.2, 0) is 19.3 Å². The van der Waals surface area contributed by atoms with Crippen molar-refractivity contribution in [3.8, 4) is 11.5 Å². The Morgan fingerprint density at radius 1 is 1.08 bits per heavy atom. The molecule has 3 N–H and O–H groups in total. The smallest absolute Gasteiger partial charge is 0.271 e. The largest absolute Gasteiger partial charge is 0.350 e. The number of carbonyl (C=O) groups is 1. The van der Waals surface area contributed by atoms with Crippen LogP contribution in [0, 0.1) is 0 Å². The van der Waals surface area contributed by atoms with E-state index in [2.05, 4.69) is 25.5 Å². The van der Waals surface area contributed by atoms with Gasteiger partial charge in [0.05, 0.1) is 0 Å². The summed E-state index contributed by atoms with van der Waals surface area (Å²) in [7, 11) is 0. The number of H-pyrrole nitrogens is 2. The number of carbonyl (C=O) groups excluding carboxylic acids is 1. The first kappa shape index (κ1) is 15.6. The number of rotatable bonds is 2. The van der Waals surface area contributed by atoms with Crippen LogP contribution in [0.3, 0.4) is 0 Å². The van der Waals surface area contributed by atoms with Gasteiger partial charge in [0.25, 0.3) is 5.91 Å². The molecule has 2 aromatic heterocycles. The zero-order chi connectivity index (χ0) is 17.7. The number of benzene rings is 1. The van der Waals surface area contributed by atoms with Crippen molar-refractivity contribution in [3.63, 3.8) is 0 Å². The van der Waals surface area contributed by atoms with E-state index in [4.69, 9.17) is 11.6 Å². The standard InChI is InChI=1S/C19H18ClN5O/c20-12-6-4-10(5-7-12)11-8-15-17(19(26)21-9-11)23-18(22-15)16-13-2-1-3-14(13)24-25-16/h4-7,11H,1-3,8-9H2,(H,21,26)(H,22,23)(H,24,25). The highest BCUT2D eigenvalue weighted by Gasteiger charge is 2.28. The molecular formula is C19H18ClN5O. The average molecular weight is 368 g/mol. The lowest BCUT2D eigenvalue weighted by atomic mass is 9.94. The Labute approximate surface area is 155 Å². The van der Waals surface area contributed by atoms with Gasteiger partial charge in [-0.25, -0.2) is 4.98 Å². The van der Waals surface area contributed by atoms with Crippen LogP contribution in [0.15, 0.2) is 24.3 Å². The predicted molar refractivity (Wildman–Crippen MR) is 98.4 cm³/mol. The maximum absolute atomic E-state index is 12.5. The third kappa shape index (κ3) is 2.52. The molecule has 1 aliphatic carbocycles. The van der Waals surface area contributed by atoms with Gasteiger partial charge in [-0.15, -0.1) is 0 Å². The van der Waals surface area contributed by atoms with Crippen molar-refractivity contribution >= 4 is 17.5 Å². The molecule has 0 bridgehead atoms. The molecule has 6 nitrogen and oxygen atoms in total. The van der Waals surface area contributed by atoms with E-state index in [1.165, 1.54) is 11.3 Å². The Balaban J connectivity index is 1.51. The minimum absolute atomic E-state index is 0.133. The van der Waals surface area contributed by atoms with Gasteiger partial charge < -0.3 is 10.3 Å². The number of halogens is 1. The molecule has 0 saturated carbocycles. The van der Waals surface area contributed by atoms with Crippen molar-refractivity contribution in [1.29, 1.82) is 0 Å². The molecule has 26 heavy (non-hydrogen) atoms. The molecule has 1 unspecified atom stereocenters. The molecule has 1 atom stereocenters. The van der Waals surface area contributed by atoms with Gasteiger partial charge in [-0.2, -0.15) is 5.10 Å². The number of nitrogens with one attached hydrogen (secondary N) is 3. The zero-order valence-corrected chi connectivity index (χ0v) is 14.9. The third-order valence-corrected chi connectivity index (χ3v) is 5.58.